The van der Waals surface area contributed by atoms with Crippen LogP contribution >= 0.6 is 0 Å². The maximum atomic E-state index is 13.2. The molecule has 0 aliphatic heterocycles. The fraction of sp³-hybridized carbons (Fsp3) is 0.100. The van der Waals surface area contributed by atoms with Crippen molar-refractivity contribution in [2.24, 2.45) is 0 Å². The Bertz CT molecular complexity index is 1210. The number of nitrogens with zero attached hydrogens (tertiary/aromatic N) is 3. The van der Waals surface area contributed by atoms with Gasteiger partial charge in [0, 0.05) is 18.0 Å². The van der Waals surface area contributed by atoms with E-state index >= 15 is 0 Å². The molecular formula is C20H13F4N3O. The van der Waals surface area contributed by atoms with Gasteiger partial charge in [-0.1, -0.05) is 18.2 Å². The maximum Gasteiger partial charge on any atom is 0.416 e. The molecule has 0 aliphatic rings. The quantitative estimate of drug-likeness (QED) is 0.490. The standard InChI is InChI=1S/C20H13F4N3O/c21-15-7-5-13(6-8-15)17-11-18-19(28)26(9-10-27(18)25-17)12-14-3-1-2-4-16(14)20(22,23)24/h1-11H,12H2. The second-order valence-electron chi connectivity index (χ2n) is 6.25. The van der Waals surface area contributed by atoms with Crippen LogP contribution in [0, 0.1) is 5.82 Å². The molecule has 4 aromatic rings. The third-order valence-electron chi connectivity index (χ3n) is 4.41. The Labute approximate surface area is 156 Å². The minimum Gasteiger partial charge on any atom is -0.308 e. The molecule has 8 heteroatoms. The van der Waals surface area contributed by atoms with E-state index in [-0.39, 0.29) is 17.6 Å². The highest BCUT2D eigenvalue weighted by atomic mass is 19.4. The summed E-state index contributed by atoms with van der Waals surface area (Å²) in [6.45, 7) is -0.220. The van der Waals surface area contributed by atoms with E-state index in [2.05, 4.69) is 5.10 Å². The Morgan fingerprint density at radius 1 is 0.964 bits per heavy atom. The summed E-state index contributed by atoms with van der Waals surface area (Å²) in [5.41, 5.74) is 0.0534. The minimum atomic E-state index is -4.50. The Morgan fingerprint density at radius 3 is 2.39 bits per heavy atom. The molecule has 0 saturated carbocycles. The van der Waals surface area contributed by atoms with Gasteiger partial charge in [0.15, 0.2) is 0 Å². The van der Waals surface area contributed by atoms with Gasteiger partial charge in [-0.2, -0.15) is 18.3 Å². The zero-order valence-electron chi connectivity index (χ0n) is 14.3. The van der Waals surface area contributed by atoms with Gasteiger partial charge < -0.3 is 4.57 Å². The lowest BCUT2D eigenvalue weighted by Gasteiger charge is -2.13. The average molecular weight is 387 g/mol. The van der Waals surface area contributed by atoms with E-state index in [4.69, 9.17) is 0 Å². The first-order valence-electron chi connectivity index (χ1n) is 8.33. The molecule has 0 aliphatic carbocycles. The number of rotatable bonds is 3. The number of fused-ring (bicyclic) bond motifs is 1. The van der Waals surface area contributed by atoms with E-state index in [0.29, 0.717) is 11.3 Å². The summed E-state index contributed by atoms with van der Waals surface area (Å²) in [7, 11) is 0. The molecule has 2 heterocycles. The summed E-state index contributed by atoms with van der Waals surface area (Å²) in [5, 5.41) is 4.28. The van der Waals surface area contributed by atoms with Crippen molar-refractivity contribution >= 4 is 5.52 Å². The highest BCUT2D eigenvalue weighted by Crippen LogP contribution is 2.32. The molecule has 4 nitrogen and oxygen atoms in total. The molecule has 0 spiro atoms. The number of aromatic nitrogens is 3. The highest BCUT2D eigenvalue weighted by Gasteiger charge is 2.32. The molecule has 2 aromatic carbocycles. The predicted molar refractivity (Wildman–Crippen MR) is 95.4 cm³/mol. The minimum absolute atomic E-state index is 0.000256. The van der Waals surface area contributed by atoms with Crippen LogP contribution in [0.5, 0.6) is 0 Å². The summed E-state index contributed by atoms with van der Waals surface area (Å²) < 4.78 is 55.2. The van der Waals surface area contributed by atoms with Gasteiger partial charge in [-0.15, -0.1) is 0 Å². The van der Waals surface area contributed by atoms with Crippen molar-refractivity contribution in [3.63, 3.8) is 0 Å². The van der Waals surface area contributed by atoms with Crippen molar-refractivity contribution in [1.29, 1.82) is 0 Å². The summed E-state index contributed by atoms with van der Waals surface area (Å²) in [6.07, 6.45) is -1.61. The van der Waals surface area contributed by atoms with Gasteiger partial charge in [0.2, 0.25) is 0 Å². The van der Waals surface area contributed by atoms with Crippen LogP contribution in [-0.2, 0) is 12.7 Å². The largest absolute Gasteiger partial charge is 0.416 e. The van der Waals surface area contributed by atoms with Gasteiger partial charge in [-0.3, -0.25) is 4.79 Å². The first-order valence-corrected chi connectivity index (χ1v) is 8.33. The zero-order chi connectivity index (χ0) is 19.9. The van der Waals surface area contributed by atoms with Gasteiger partial charge in [-0.25, -0.2) is 8.91 Å². The number of hydrogen-bond donors (Lipinski definition) is 0. The monoisotopic (exact) mass is 387 g/mol. The van der Waals surface area contributed by atoms with Crippen LogP contribution < -0.4 is 5.56 Å². The summed E-state index contributed by atoms with van der Waals surface area (Å²) >= 11 is 0. The van der Waals surface area contributed by atoms with Crippen molar-refractivity contribution in [3.05, 3.63) is 94.3 Å². The third-order valence-corrected chi connectivity index (χ3v) is 4.41. The van der Waals surface area contributed by atoms with Gasteiger partial charge in [0.1, 0.15) is 11.3 Å². The Balaban J connectivity index is 1.75. The van der Waals surface area contributed by atoms with Crippen LogP contribution in [0.25, 0.3) is 16.8 Å². The lowest BCUT2D eigenvalue weighted by Crippen LogP contribution is -2.23. The van der Waals surface area contributed by atoms with E-state index in [1.54, 1.807) is 0 Å². The molecule has 0 bridgehead atoms. The maximum absolute atomic E-state index is 13.2. The molecule has 28 heavy (non-hydrogen) atoms. The molecule has 4 rings (SSSR count). The van der Waals surface area contributed by atoms with Crippen LogP contribution in [-0.4, -0.2) is 14.2 Å². The van der Waals surface area contributed by atoms with Crippen LogP contribution in [0.15, 0.2) is 71.8 Å². The van der Waals surface area contributed by atoms with E-state index in [9.17, 15) is 22.4 Å². The number of benzene rings is 2. The summed E-state index contributed by atoms with van der Waals surface area (Å²) in [6, 6.07) is 12.3. The molecular weight excluding hydrogens is 374 g/mol. The van der Waals surface area contributed by atoms with Gasteiger partial charge in [0.25, 0.3) is 5.56 Å². The lowest BCUT2D eigenvalue weighted by atomic mass is 10.1. The molecule has 0 unspecified atom stereocenters. The van der Waals surface area contributed by atoms with Crippen molar-refractivity contribution in [2.75, 3.05) is 0 Å². The fourth-order valence-electron chi connectivity index (χ4n) is 3.03. The number of halogens is 4. The molecule has 0 radical (unpaired) electrons. The van der Waals surface area contributed by atoms with Crippen molar-refractivity contribution in [2.45, 2.75) is 12.7 Å². The van der Waals surface area contributed by atoms with Gasteiger partial charge in [-0.05, 0) is 42.0 Å². The van der Waals surface area contributed by atoms with E-state index in [0.717, 1.165) is 6.07 Å². The van der Waals surface area contributed by atoms with Crippen molar-refractivity contribution < 1.29 is 17.6 Å². The Kier molecular flexibility index (Phi) is 4.26. The number of hydrogen-bond acceptors (Lipinski definition) is 2. The van der Waals surface area contributed by atoms with Crippen LogP contribution in [0.3, 0.4) is 0 Å². The Morgan fingerprint density at radius 2 is 1.68 bits per heavy atom. The average Bonchev–Trinajstić information content (AvgIpc) is 3.09. The molecule has 0 saturated heterocycles. The first-order chi connectivity index (χ1) is 13.3. The summed E-state index contributed by atoms with van der Waals surface area (Å²) in [5.74, 6) is -0.391. The van der Waals surface area contributed by atoms with Crippen LogP contribution in [0.1, 0.15) is 11.1 Å². The van der Waals surface area contributed by atoms with Crippen molar-refractivity contribution in [3.8, 4) is 11.3 Å². The van der Waals surface area contributed by atoms with Crippen LogP contribution in [0.4, 0.5) is 17.6 Å². The zero-order valence-corrected chi connectivity index (χ0v) is 14.3. The first kappa shape index (κ1) is 18.0. The fourth-order valence-corrected chi connectivity index (χ4v) is 3.03. The van der Waals surface area contributed by atoms with E-state index in [1.165, 1.54) is 70.0 Å². The predicted octanol–water partition coefficient (Wildman–Crippen LogP) is 4.37. The smallest absolute Gasteiger partial charge is 0.308 e. The third kappa shape index (κ3) is 3.28. The van der Waals surface area contributed by atoms with Crippen molar-refractivity contribution in [1.82, 2.24) is 14.2 Å². The van der Waals surface area contributed by atoms with Gasteiger partial charge in [0.05, 0.1) is 17.8 Å². The van der Waals surface area contributed by atoms with Crippen LogP contribution in [0.2, 0.25) is 0 Å². The topological polar surface area (TPSA) is 39.3 Å². The Hall–Kier alpha value is -3.42. The van der Waals surface area contributed by atoms with E-state index < -0.39 is 23.1 Å². The van der Waals surface area contributed by atoms with E-state index in [1.807, 2.05) is 0 Å². The second kappa shape index (κ2) is 6.63. The second-order valence-corrected chi connectivity index (χ2v) is 6.25. The molecule has 0 atom stereocenters. The normalized spacial score (nSPS) is 11.9. The molecule has 0 fully saturated rings. The SMILES string of the molecule is O=c1c2cc(-c3ccc(F)cc3)nn2ccn1Cc1ccccc1C(F)(F)F. The molecule has 142 valence electrons. The number of alkyl halides is 3. The van der Waals surface area contributed by atoms with Gasteiger partial charge >= 0.3 is 6.18 Å². The molecule has 0 N–H and O–H groups in total. The molecule has 0 amide bonds. The highest BCUT2D eigenvalue weighted by molar-refractivity contribution is 5.65. The molecule has 2 aromatic heterocycles. The summed E-state index contributed by atoms with van der Waals surface area (Å²) in [4.78, 5) is 12.8. The lowest BCUT2D eigenvalue weighted by molar-refractivity contribution is -0.138.